The molecule has 1 rings (SSSR count). The van der Waals surface area contributed by atoms with E-state index in [1.165, 1.54) is 11.4 Å². The fourth-order valence-electron chi connectivity index (χ4n) is 1.47. The van der Waals surface area contributed by atoms with Gasteiger partial charge in [0.25, 0.3) is 10.2 Å². The van der Waals surface area contributed by atoms with Gasteiger partial charge in [-0.2, -0.15) is 12.7 Å². The van der Waals surface area contributed by atoms with Crippen LogP contribution in [0, 0.1) is 5.92 Å². The van der Waals surface area contributed by atoms with Crippen LogP contribution in [-0.4, -0.2) is 38.9 Å². The van der Waals surface area contributed by atoms with Gasteiger partial charge in [0.15, 0.2) is 0 Å². The second-order valence-electron chi connectivity index (χ2n) is 3.50. The normalized spacial score (nSPS) is 31.9. The third-order valence-corrected chi connectivity index (χ3v) is 4.06. The molecule has 0 spiro atoms. The summed E-state index contributed by atoms with van der Waals surface area (Å²) in [7, 11) is -1.82. The summed E-state index contributed by atoms with van der Waals surface area (Å²) in [6, 6.07) is 0.128. The molecule has 0 amide bonds. The molecular weight excluding hydrogens is 190 g/mol. The van der Waals surface area contributed by atoms with Crippen LogP contribution in [0.1, 0.15) is 13.3 Å². The second-order valence-corrected chi connectivity index (χ2v) is 5.37. The molecule has 5 nitrogen and oxygen atoms in total. The van der Waals surface area contributed by atoms with E-state index in [9.17, 15) is 8.42 Å². The molecule has 1 saturated heterocycles. The average Bonchev–Trinajstić information content (AvgIpc) is 2.09. The van der Waals surface area contributed by atoms with Gasteiger partial charge >= 0.3 is 0 Å². The molecular formula is C7H17N3O2S. The number of hydrogen-bond acceptors (Lipinski definition) is 3. The minimum atomic E-state index is -3.25. The van der Waals surface area contributed by atoms with Crippen LogP contribution < -0.4 is 10.5 Å². The van der Waals surface area contributed by atoms with Gasteiger partial charge in [0.1, 0.15) is 0 Å². The summed E-state index contributed by atoms with van der Waals surface area (Å²) in [5.74, 6) is 0.233. The lowest BCUT2D eigenvalue weighted by atomic mass is 9.96. The van der Waals surface area contributed by atoms with E-state index >= 15 is 0 Å². The van der Waals surface area contributed by atoms with Gasteiger partial charge in [-0.25, -0.2) is 4.72 Å². The Balaban J connectivity index is 2.66. The number of nitrogens with two attached hydrogens (primary N) is 1. The Morgan fingerprint density at radius 3 is 2.62 bits per heavy atom. The fraction of sp³-hybridized carbons (Fsp3) is 1.00. The first kappa shape index (κ1) is 10.9. The Morgan fingerprint density at radius 1 is 1.54 bits per heavy atom. The van der Waals surface area contributed by atoms with Crippen molar-refractivity contribution in [3.8, 4) is 0 Å². The Labute approximate surface area is 79.5 Å². The lowest BCUT2D eigenvalue weighted by Gasteiger charge is -2.33. The topological polar surface area (TPSA) is 75.4 Å². The standard InChI is InChI=1S/C7H17N3O2S/c1-6-5-10(4-3-7(6)8)13(11,12)9-2/h6-7,9H,3-5,8H2,1-2H3. The lowest BCUT2D eigenvalue weighted by Crippen LogP contribution is -2.50. The summed E-state index contributed by atoms with van der Waals surface area (Å²) in [4.78, 5) is 0. The molecule has 78 valence electrons. The molecule has 3 N–H and O–H groups in total. The zero-order valence-electron chi connectivity index (χ0n) is 8.03. The summed E-state index contributed by atoms with van der Waals surface area (Å²) in [5.41, 5.74) is 5.78. The van der Waals surface area contributed by atoms with Gasteiger partial charge in [0.2, 0.25) is 0 Å². The number of nitrogens with zero attached hydrogens (tertiary/aromatic N) is 1. The predicted octanol–water partition coefficient (Wildman–Crippen LogP) is -0.880. The van der Waals surface area contributed by atoms with E-state index in [-0.39, 0.29) is 12.0 Å². The van der Waals surface area contributed by atoms with Crippen LogP contribution in [0.5, 0.6) is 0 Å². The zero-order chi connectivity index (χ0) is 10.1. The first-order valence-corrected chi connectivity index (χ1v) is 5.85. The molecule has 1 fully saturated rings. The molecule has 0 radical (unpaired) electrons. The van der Waals surface area contributed by atoms with Gasteiger partial charge in [-0.15, -0.1) is 0 Å². The molecule has 6 heteroatoms. The molecule has 2 unspecified atom stereocenters. The minimum absolute atomic E-state index is 0.128. The average molecular weight is 207 g/mol. The lowest BCUT2D eigenvalue weighted by molar-refractivity contribution is 0.248. The van der Waals surface area contributed by atoms with Gasteiger partial charge < -0.3 is 5.73 Å². The third kappa shape index (κ3) is 2.40. The van der Waals surface area contributed by atoms with Crippen LogP contribution in [0.4, 0.5) is 0 Å². The third-order valence-electron chi connectivity index (χ3n) is 2.53. The van der Waals surface area contributed by atoms with Crippen molar-refractivity contribution in [2.75, 3.05) is 20.1 Å². The Bertz CT molecular complexity index is 265. The Kier molecular flexibility index (Phi) is 3.28. The number of rotatable bonds is 2. The number of nitrogens with one attached hydrogen (secondary N) is 1. The van der Waals surface area contributed by atoms with Crippen molar-refractivity contribution in [3.05, 3.63) is 0 Å². The van der Waals surface area contributed by atoms with Gasteiger partial charge in [-0.3, -0.25) is 0 Å². The van der Waals surface area contributed by atoms with Crippen molar-refractivity contribution in [1.82, 2.24) is 9.03 Å². The van der Waals surface area contributed by atoms with E-state index in [2.05, 4.69) is 4.72 Å². The molecule has 1 heterocycles. The van der Waals surface area contributed by atoms with E-state index < -0.39 is 10.2 Å². The molecule has 1 aliphatic heterocycles. The molecule has 0 aromatic rings. The van der Waals surface area contributed by atoms with Crippen molar-refractivity contribution in [1.29, 1.82) is 0 Å². The smallest absolute Gasteiger partial charge is 0.279 e. The molecule has 13 heavy (non-hydrogen) atoms. The highest BCUT2D eigenvalue weighted by atomic mass is 32.2. The monoisotopic (exact) mass is 207 g/mol. The van der Waals surface area contributed by atoms with Crippen LogP contribution >= 0.6 is 0 Å². The summed E-state index contributed by atoms with van der Waals surface area (Å²) in [6.45, 7) is 3.01. The van der Waals surface area contributed by atoms with Crippen LogP contribution in [0.2, 0.25) is 0 Å². The van der Waals surface area contributed by atoms with E-state index in [1.54, 1.807) is 0 Å². The summed E-state index contributed by atoms with van der Waals surface area (Å²) < 4.78 is 26.5. The number of piperidine rings is 1. The van der Waals surface area contributed by atoms with E-state index in [0.29, 0.717) is 13.1 Å². The van der Waals surface area contributed by atoms with Crippen LogP contribution in [0.15, 0.2) is 0 Å². The van der Waals surface area contributed by atoms with Gasteiger partial charge in [-0.05, 0) is 12.3 Å². The predicted molar refractivity (Wildman–Crippen MR) is 51.3 cm³/mol. The Hall–Kier alpha value is -0.170. The van der Waals surface area contributed by atoms with Crippen LogP contribution in [0.25, 0.3) is 0 Å². The van der Waals surface area contributed by atoms with Crippen molar-refractivity contribution < 1.29 is 8.42 Å². The quantitative estimate of drug-likeness (QED) is 0.617. The van der Waals surface area contributed by atoms with Crippen molar-refractivity contribution in [2.24, 2.45) is 11.7 Å². The minimum Gasteiger partial charge on any atom is -0.327 e. The zero-order valence-corrected chi connectivity index (χ0v) is 8.84. The van der Waals surface area contributed by atoms with Gasteiger partial charge in [0, 0.05) is 26.2 Å². The Morgan fingerprint density at radius 2 is 2.15 bits per heavy atom. The highest BCUT2D eigenvalue weighted by molar-refractivity contribution is 7.87. The molecule has 0 aliphatic carbocycles. The maximum Gasteiger partial charge on any atom is 0.279 e. The second kappa shape index (κ2) is 3.91. The maximum absolute atomic E-state index is 11.4. The maximum atomic E-state index is 11.4. The molecule has 0 aromatic carbocycles. The largest absolute Gasteiger partial charge is 0.327 e. The first-order chi connectivity index (χ1) is 5.97. The molecule has 0 bridgehead atoms. The van der Waals surface area contributed by atoms with Crippen molar-refractivity contribution >= 4 is 10.2 Å². The summed E-state index contributed by atoms with van der Waals surface area (Å²) in [6.07, 6.45) is 0.738. The molecule has 2 atom stereocenters. The van der Waals surface area contributed by atoms with E-state index in [0.717, 1.165) is 6.42 Å². The molecule has 1 aliphatic rings. The van der Waals surface area contributed by atoms with E-state index in [4.69, 9.17) is 5.73 Å². The highest BCUT2D eigenvalue weighted by Crippen LogP contribution is 2.16. The molecule has 0 aromatic heterocycles. The van der Waals surface area contributed by atoms with Gasteiger partial charge in [0.05, 0.1) is 0 Å². The van der Waals surface area contributed by atoms with Gasteiger partial charge in [-0.1, -0.05) is 6.92 Å². The molecule has 0 saturated carbocycles. The van der Waals surface area contributed by atoms with Crippen LogP contribution in [-0.2, 0) is 10.2 Å². The summed E-state index contributed by atoms with van der Waals surface area (Å²) >= 11 is 0. The highest BCUT2D eigenvalue weighted by Gasteiger charge is 2.29. The SMILES string of the molecule is CNS(=O)(=O)N1CCC(N)C(C)C1. The van der Waals surface area contributed by atoms with Crippen molar-refractivity contribution in [3.63, 3.8) is 0 Å². The fourth-order valence-corrected chi connectivity index (χ4v) is 2.51. The number of hydrogen-bond donors (Lipinski definition) is 2. The van der Waals surface area contributed by atoms with E-state index in [1.807, 2.05) is 6.92 Å². The van der Waals surface area contributed by atoms with Crippen molar-refractivity contribution in [2.45, 2.75) is 19.4 Å². The van der Waals surface area contributed by atoms with Crippen LogP contribution in [0.3, 0.4) is 0 Å². The summed E-state index contributed by atoms with van der Waals surface area (Å²) in [5, 5.41) is 0. The first-order valence-electron chi connectivity index (χ1n) is 4.41.